The number of aromatic nitrogens is 4. The summed E-state index contributed by atoms with van der Waals surface area (Å²) >= 11 is 0. The predicted octanol–water partition coefficient (Wildman–Crippen LogP) is 4.93. The average Bonchev–Trinajstić information content (AvgIpc) is 3.31. The van der Waals surface area contributed by atoms with Crippen LogP contribution in [0.2, 0.25) is 0 Å². The lowest BCUT2D eigenvalue weighted by atomic mass is 9.98. The van der Waals surface area contributed by atoms with Crippen molar-refractivity contribution in [1.29, 1.82) is 0 Å². The monoisotopic (exact) mass is 516 g/mol. The van der Waals surface area contributed by atoms with Crippen LogP contribution in [-0.4, -0.2) is 73.7 Å². The number of likely N-dealkylation sites (N-methyl/N-ethyl adjacent to an activating group) is 1. The number of anilines is 2. The van der Waals surface area contributed by atoms with Gasteiger partial charge in [-0.15, -0.1) is 0 Å². The SMILES string of the molecule is CCOC(=O)c1cc(-c2ccc(N(C)CCOC)nc2)c2c(C(C)C)nn(-c3cccc(N(C)C)c3)c2n1. The fourth-order valence-electron chi connectivity index (χ4n) is 4.28. The second kappa shape index (κ2) is 11.6. The Labute approximate surface area is 224 Å². The first-order valence-corrected chi connectivity index (χ1v) is 12.8. The van der Waals surface area contributed by atoms with Crippen molar-refractivity contribution < 1.29 is 14.3 Å². The van der Waals surface area contributed by atoms with Gasteiger partial charge in [-0.3, -0.25) is 0 Å². The van der Waals surface area contributed by atoms with Gasteiger partial charge in [-0.2, -0.15) is 5.10 Å². The molecule has 0 aliphatic carbocycles. The lowest BCUT2D eigenvalue weighted by molar-refractivity contribution is 0.0520. The molecule has 0 spiro atoms. The Morgan fingerprint density at radius 3 is 2.53 bits per heavy atom. The third-order valence-electron chi connectivity index (χ3n) is 6.37. The van der Waals surface area contributed by atoms with E-state index in [1.165, 1.54) is 0 Å². The summed E-state index contributed by atoms with van der Waals surface area (Å²) in [5, 5.41) is 5.91. The maximum absolute atomic E-state index is 12.9. The number of ether oxygens (including phenoxy) is 2. The molecule has 0 amide bonds. The molecule has 0 unspecified atom stereocenters. The van der Waals surface area contributed by atoms with E-state index in [1.54, 1.807) is 20.1 Å². The number of pyridine rings is 2. The zero-order valence-corrected chi connectivity index (χ0v) is 23.2. The maximum atomic E-state index is 12.9. The first kappa shape index (κ1) is 27.1. The van der Waals surface area contributed by atoms with Gasteiger partial charge in [0.05, 0.1) is 30.0 Å². The van der Waals surface area contributed by atoms with Gasteiger partial charge in [0, 0.05) is 52.2 Å². The summed E-state index contributed by atoms with van der Waals surface area (Å²) in [6.07, 6.45) is 1.83. The molecule has 0 radical (unpaired) electrons. The number of rotatable bonds is 10. The summed E-state index contributed by atoms with van der Waals surface area (Å²) < 4.78 is 12.4. The van der Waals surface area contributed by atoms with Crippen molar-refractivity contribution in [2.75, 3.05) is 57.8 Å². The normalized spacial score (nSPS) is 11.3. The third-order valence-corrected chi connectivity index (χ3v) is 6.37. The standard InChI is InChI=1S/C29H36N6O3/c1-8-38-29(36)24-17-23(20-12-13-25(30-18-20)34(6)14-15-37-7)26-27(19(2)3)32-35(28(26)31-24)22-11-9-10-21(16-22)33(4)5/h9-13,16-19H,8,14-15H2,1-7H3. The number of methoxy groups -OCH3 is 1. The van der Waals surface area contributed by atoms with Crippen molar-refractivity contribution in [3.63, 3.8) is 0 Å². The van der Waals surface area contributed by atoms with E-state index in [-0.39, 0.29) is 18.2 Å². The number of carbonyl (C=O) groups excluding carboxylic acids is 1. The van der Waals surface area contributed by atoms with Crippen LogP contribution in [0.5, 0.6) is 0 Å². The largest absolute Gasteiger partial charge is 0.461 e. The Kier molecular flexibility index (Phi) is 8.26. The van der Waals surface area contributed by atoms with Gasteiger partial charge in [-0.25, -0.2) is 19.4 Å². The van der Waals surface area contributed by atoms with Gasteiger partial charge in [0.25, 0.3) is 0 Å². The number of esters is 1. The van der Waals surface area contributed by atoms with E-state index < -0.39 is 5.97 Å². The summed E-state index contributed by atoms with van der Waals surface area (Å²) in [4.78, 5) is 26.4. The summed E-state index contributed by atoms with van der Waals surface area (Å²) in [5.74, 6) is 0.486. The molecule has 9 nitrogen and oxygen atoms in total. The van der Waals surface area contributed by atoms with Gasteiger partial charge in [0.2, 0.25) is 0 Å². The quantitative estimate of drug-likeness (QED) is 0.274. The molecule has 0 atom stereocenters. The Bertz CT molecular complexity index is 1410. The number of hydrogen-bond donors (Lipinski definition) is 0. The van der Waals surface area contributed by atoms with E-state index in [0.29, 0.717) is 12.3 Å². The minimum atomic E-state index is -0.472. The molecule has 0 bridgehead atoms. The topological polar surface area (TPSA) is 85.6 Å². The minimum absolute atomic E-state index is 0.122. The molecular formula is C29H36N6O3. The van der Waals surface area contributed by atoms with E-state index in [1.807, 2.05) is 72.2 Å². The van der Waals surface area contributed by atoms with Gasteiger partial charge in [0.1, 0.15) is 5.82 Å². The lowest BCUT2D eigenvalue weighted by Gasteiger charge is -2.18. The van der Waals surface area contributed by atoms with E-state index in [4.69, 9.17) is 24.5 Å². The molecule has 3 heterocycles. The van der Waals surface area contributed by atoms with Gasteiger partial charge in [0.15, 0.2) is 11.3 Å². The van der Waals surface area contributed by atoms with E-state index >= 15 is 0 Å². The molecule has 3 aromatic heterocycles. The van der Waals surface area contributed by atoms with Crippen LogP contribution in [0.25, 0.3) is 27.8 Å². The van der Waals surface area contributed by atoms with E-state index in [2.05, 4.69) is 19.9 Å². The van der Waals surface area contributed by atoms with Crippen LogP contribution in [-0.2, 0) is 9.47 Å². The van der Waals surface area contributed by atoms with Gasteiger partial charge in [-0.1, -0.05) is 19.9 Å². The summed E-state index contributed by atoms with van der Waals surface area (Å²) in [6, 6.07) is 13.9. The van der Waals surface area contributed by atoms with Crippen molar-refractivity contribution in [2.24, 2.45) is 0 Å². The van der Waals surface area contributed by atoms with E-state index in [0.717, 1.165) is 45.9 Å². The molecule has 4 aromatic rings. The van der Waals surface area contributed by atoms with Crippen LogP contribution >= 0.6 is 0 Å². The van der Waals surface area contributed by atoms with E-state index in [9.17, 15) is 4.79 Å². The highest BCUT2D eigenvalue weighted by Gasteiger charge is 2.24. The Balaban J connectivity index is 1.95. The van der Waals surface area contributed by atoms with Crippen LogP contribution in [0.1, 0.15) is 42.9 Å². The molecule has 38 heavy (non-hydrogen) atoms. The average molecular weight is 517 g/mol. The maximum Gasteiger partial charge on any atom is 0.357 e. The highest BCUT2D eigenvalue weighted by molar-refractivity contribution is 6.00. The van der Waals surface area contributed by atoms with Crippen LogP contribution in [0, 0.1) is 0 Å². The minimum Gasteiger partial charge on any atom is -0.461 e. The third kappa shape index (κ3) is 5.47. The van der Waals surface area contributed by atoms with Gasteiger partial charge < -0.3 is 19.3 Å². The number of fused-ring (bicyclic) bond motifs is 1. The second-order valence-corrected chi connectivity index (χ2v) is 9.66. The summed E-state index contributed by atoms with van der Waals surface area (Å²) in [7, 11) is 7.66. The number of hydrogen-bond acceptors (Lipinski definition) is 8. The van der Waals surface area contributed by atoms with Gasteiger partial charge in [-0.05, 0) is 54.8 Å². The van der Waals surface area contributed by atoms with Crippen molar-refractivity contribution in [3.8, 4) is 16.8 Å². The second-order valence-electron chi connectivity index (χ2n) is 9.66. The zero-order chi connectivity index (χ0) is 27.4. The lowest BCUT2D eigenvalue weighted by Crippen LogP contribution is -2.22. The van der Waals surface area contributed by atoms with Crippen LogP contribution in [0.4, 0.5) is 11.5 Å². The molecule has 0 fully saturated rings. The summed E-state index contributed by atoms with van der Waals surface area (Å²) in [5.41, 5.74) is 5.35. The number of benzene rings is 1. The molecule has 9 heteroatoms. The fourth-order valence-corrected chi connectivity index (χ4v) is 4.28. The highest BCUT2D eigenvalue weighted by atomic mass is 16.5. The van der Waals surface area contributed by atoms with Crippen molar-refractivity contribution >= 4 is 28.5 Å². The predicted molar refractivity (Wildman–Crippen MR) is 152 cm³/mol. The van der Waals surface area contributed by atoms with Crippen LogP contribution < -0.4 is 9.80 Å². The number of carbonyl (C=O) groups is 1. The Hall–Kier alpha value is -3.98. The van der Waals surface area contributed by atoms with Crippen LogP contribution in [0.3, 0.4) is 0 Å². The molecule has 0 saturated heterocycles. The molecule has 4 rings (SSSR count). The number of nitrogens with zero attached hydrogens (tertiary/aromatic N) is 6. The highest BCUT2D eigenvalue weighted by Crippen LogP contribution is 2.36. The molecular weight excluding hydrogens is 480 g/mol. The van der Waals surface area contributed by atoms with Crippen molar-refractivity contribution in [2.45, 2.75) is 26.7 Å². The molecule has 1 aromatic carbocycles. The summed E-state index contributed by atoms with van der Waals surface area (Å²) in [6.45, 7) is 7.60. The molecule has 0 saturated carbocycles. The molecule has 0 aliphatic rings. The Morgan fingerprint density at radius 1 is 1.11 bits per heavy atom. The molecule has 200 valence electrons. The van der Waals surface area contributed by atoms with Gasteiger partial charge >= 0.3 is 5.97 Å². The van der Waals surface area contributed by atoms with Crippen molar-refractivity contribution in [1.82, 2.24) is 19.7 Å². The molecule has 0 aliphatic heterocycles. The fraction of sp³-hybridized carbons (Fsp3) is 0.379. The zero-order valence-electron chi connectivity index (χ0n) is 23.2. The van der Waals surface area contributed by atoms with Crippen molar-refractivity contribution in [3.05, 3.63) is 60.0 Å². The van der Waals surface area contributed by atoms with Crippen LogP contribution in [0.15, 0.2) is 48.7 Å². The molecule has 0 N–H and O–H groups in total. The first-order chi connectivity index (χ1) is 18.2. The first-order valence-electron chi connectivity index (χ1n) is 12.8. The smallest absolute Gasteiger partial charge is 0.357 e. The Morgan fingerprint density at radius 2 is 1.89 bits per heavy atom.